The van der Waals surface area contributed by atoms with Crippen molar-refractivity contribution in [2.45, 2.75) is 13.8 Å². The topological polar surface area (TPSA) is 101 Å². The smallest absolute Gasteiger partial charge is 0.297 e. The van der Waals surface area contributed by atoms with Gasteiger partial charge in [-0.3, -0.25) is 20.3 Å². The van der Waals surface area contributed by atoms with Crippen molar-refractivity contribution in [2.75, 3.05) is 10.6 Å². The highest BCUT2D eigenvalue weighted by atomic mass is 35.5. The first-order valence-corrected chi connectivity index (χ1v) is 8.66. The molecule has 2 N–H and O–H groups in total. The zero-order valence-electron chi connectivity index (χ0n) is 14.9. The fourth-order valence-electron chi connectivity index (χ4n) is 1.77. The van der Waals surface area contributed by atoms with E-state index < -0.39 is 12.2 Å². The molecule has 0 aliphatic carbocycles. The quantitative estimate of drug-likeness (QED) is 0.374. The predicted molar refractivity (Wildman–Crippen MR) is 109 cm³/mol. The summed E-state index contributed by atoms with van der Waals surface area (Å²) < 4.78 is 0. The molecule has 10 heteroatoms. The molecule has 0 aliphatic heterocycles. The molecule has 2 aromatic rings. The normalized spacial score (nSPS) is 11.6. The molecule has 0 bridgehead atoms. The van der Waals surface area contributed by atoms with Gasteiger partial charge < -0.3 is 0 Å². The van der Waals surface area contributed by atoms with Crippen molar-refractivity contribution in [2.24, 2.45) is 10.3 Å². The first-order chi connectivity index (χ1) is 13.3. The molecule has 0 saturated heterocycles. The van der Waals surface area contributed by atoms with E-state index in [4.69, 9.17) is 32.9 Å². The van der Waals surface area contributed by atoms with E-state index in [9.17, 15) is 9.59 Å². The zero-order chi connectivity index (χ0) is 20.5. The predicted octanol–water partition coefficient (Wildman–Crippen LogP) is 5.54. The number of hydrogen-bond donors (Lipinski definition) is 2. The van der Waals surface area contributed by atoms with E-state index in [1.807, 2.05) is 0 Å². The van der Waals surface area contributed by atoms with Gasteiger partial charge in [0.2, 0.25) is 0 Å². The Balaban J connectivity index is 1.85. The number of anilines is 2. The summed E-state index contributed by atoms with van der Waals surface area (Å²) in [6, 6.07) is 13.1. The number of carbonyl (C=O) groups is 2. The molecule has 0 radical (unpaired) electrons. The number of hydrogen-bond acceptors (Lipinski definition) is 6. The summed E-state index contributed by atoms with van der Waals surface area (Å²) in [6.45, 7) is 3.06. The molecule has 0 fully saturated rings. The summed E-state index contributed by atoms with van der Waals surface area (Å²) in [5, 5.41) is 13.1. The summed E-state index contributed by atoms with van der Waals surface area (Å²) in [6.07, 6.45) is -1.62. The van der Waals surface area contributed by atoms with Gasteiger partial charge in [0.1, 0.15) is 11.4 Å². The molecule has 2 amide bonds. The van der Waals surface area contributed by atoms with Crippen LogP contribution in [0, 0.1) is 0 Å². The minimum Gasteiger partial charge on any atom is -0.297 e. The number of rotatable bonds is 5. The maximum atomic E-state index is 11.7. The molecule has 146 valence electrons. The van der Waals surface area contributed by atoms with E-state index in [0.717, 1.165) is 0 Å². The number of carbonyl (C=O) groups excluding carboxylic acids is 2. The van der Waals surface area contributed by atoms with Gasteiger partial charge in [0.15, 0.2) is 0 Å². The zero-order valence-corrected chi connectivity index (χ0v) is 16.4. The second-order valence-electron chi connectivity index (χ2n) is 5.38. The van der Waals surface area contributed by atoms with Crippen molar-refractivity contribution < 1.29 is 19.3 Å². The Kier molecular flexibility index (Phi) is 7.79. The molecule has 28 heavy (non-hydrogen) atoms. The molecular weight excluding hydrogens is 407 g/mol. The maximum Gasteiger partial charge on any atom is 0.437 e. The lowest BCUT2D eigenvalue weighted by molar-refractivity contribution is 0.164. The Morgan fingerprint density at radius 2 is 1.18 bits per heavy atom. The number of halogens is 2. The minimum absolute atomic E-state index is 0.233. The van der Waals surface area contributed by atoms with Crippen LogP contribution in [0.4, 0.5) is 21.0 Å². The van der Waals surface area contributed by atoms with Crippen molar-refractivity contribution in [1.82, 2.24) is 0 Å². The lowest BCUT2D eigenvalue weighted by atomic mass is 10.3. The molecule has 2 rings (SSSR count). The molecule has 0 saturated carbocycles. The summed E-state index contributed by atoms with van der Waals surface area (Å²) >= 11 is 11.7. The first kappa shape index (κ1) is 21.2. The van der Waals surface area contributed by atoms with Crippen LogP contribution in [0.15, 0.2) is 58.8 Å². The molecule has 0 unspecified atom stereocenters. The van der Waals surface area contributed by atoms with Crippen LogP contribution in [-0.2, 0) is 9.68 Å². The van der Waals surface area contributed by atoms with Crippen LogP contribution in [-0.4, -0.2) is 23.6 Å². The summed E-state index contributed by atoms with van der Waals surface area (Å²) in [5.41, 5.74) is 1.38. The van der Waals surface area contributed by atoms with Gasteiger partial charge >= 0.3 is 12.2 Å². The second kappa shape index (κ2) is 10.3. The Bertz CT molecular complexity index is 856. The monoisotopic (exact) mass is 422 g/mol. The summed E-state index contributed by atoms with van der Waals surface area (Å²) in [5.74, 6) is 0. The van der Waals surface area contributed by atoms with Crippen molar-refractivity contribution in [3.05, 3.63) is 58.6 Å². The van der Waals surface area contributed by atoms with Crippen molar-refractivity contribution in [3.63, 3.8) is 0 Å². The van der Waals surface area contributed by atoms with Crippen LogP contribution in [0.3, 0.4) is 0 Å². The SMILES string of the molecule is CC(=N/OC(=O)Nc1cccc(Cl)c1)/C(C)=N\OC(=O)Nc1cccc(Cl)c1. The van der Waals surface area contributed by atoms with E-state index in [2.05, 4.69) is 20.9 Å². The molecule has 2 aromatic carbocycles. The van der Waals surface area contributed by atoms with Crippen LogP contribution in [0.1, 0.15) is 13.8 Å². The number of oxime groups is 2. The number of amides is 2. The highest BCUT2D eigenvalue weighted by Gasteiger charge is 2.07. The van der Waals surface area contributed by atoms with Gasteiger partial charge in [-0.2, -0.15) is 0 Å². The molecule has 0 aromatic heterocycles. The largest absolute Gasteiger partial charge is 0.437 e. The van der Waals surface area contributed by atoms with Crippen LogP contribution in [0.25, 0.3) is 0 Å². The Morgan fingerprint density at radius 1 is 0.786 bits per heavy atom. The molecule has 0 heterocycles. The average Bonchev–Trinajstić information content (AvgIpc) is 2.64. The van der Waals surface area contributed by atoms with Crippen molar-refractivity contribution >= 4 is 58.2 Å². The van der Waals surface area contributed by atoms with Gasteiger partial charge in [0.05, 0.1) is 0 Å². The van der Waals surface area contributed by atoms with Crippen LogP contribution < -0.4 is 10.6 Å². The fourth-order valence-corrected chi connectivity index (χ4v) is 2.15. The van der Waals surface area contributed by atoms with Gasteiger partial charge in [-0.25, -0.2) is 9.59 Å². The van der Waals surface area contributed by atoms with E-state index >= 15 is 0 Å². The lowest BCUT2D eigenvalue weighted by Gasteiger charge is -2.05. The maximum absolute atomic E-state index is 11.7. The molecular formula is C18H16Cl2N4O4. The van der Waals surface area contributed by atoms with Crippen LogP contribution in [0.2, 0.25) is 10.0 Å². The van der Waals surface area contributed by atoms with E-state index in [0.29, 0.717) is 21.4 Å². The molecule has 0 aliphatic rings. The third kappa shape index (κ3) is 7.26. The van der Waals surface area contributed by atoms with Crippen LogP contribution >= 0.6 is 23.2 Å². The Morgan fingerprint density at radius 3 is 1.54 bits per heavy atom. The Labute approximate surface area is 171 Å². The van der Waals surface area contributed by atoms with Gasteiger partial charge in [0.25, 0.3) is 0 Å². The summed E-state index contributed by atoms with van der Waals surface area (Å²) in [7, 11) is 0. The molecule has 0 atom stereocenters. The van der Waals surface area contributed by atoms with Crippen molar-refractivity contribution in [3.8, 4) is 0 Å². The third-order valence-corrected chi connectivity index (χ3v) is 3.67. The third-order valence-electron chi connectivity index (χ3n) is 3.20. The highest BCUT2D eigenvalue weighted by molar-refractivity contribution is 6.40. The van der Waals surface area contributed by atoms with Crippen LogP contribution in [0.5, 0.6) is 0 Å². The average molecular weight is 423 g/mol. The van der Waals surface area contributed by atoms with E-state index in [1.54, 1.807) is 48.5 Å². The van der Waals surface area contributed by atoms with E-state index in [-0.39, 0.29) is 11.4 Å². The van der Waals surface area contributed by atoms with Gasteiger partial charge in [-0.15, -0.1) is 0 Å². The molecule has 8 nitrogen and oxygen atoms in total. The number of nitrogens with one attached hydrogen (secondary N) is 2. The fraction of sp³-hybridized carbons (Fsp3) is 0.111. The lowest BCUT2D eigenvalue weighted by Crippen LogP contribution is -2.16. The standard InChI is InChI=1S/C18H16Cl2N4O4/c1-11(23-27-17(25)21-15-7-3-5-13(19)9-15)12(2)24-28-18(26)22-16-8-4-6-14(20)10-16/h3-10H,1-2H3,(H,21,25)(H,22,26)/b23-11-,24-12-. The summed E-state index contributed by atoms with van der Waals surface area (Å²) in [4.78, 5) is 32.9. The first-order valence-electron chi connectivity index (χ1n) is 7.90. The Hall–Kier alpha value is -3.10. The molecule has 0 spiro atoms. The van der Waals surface area contributed by atoms with Crippen molar-refractivity contribution in [1.29, 1.82) is 0 Å². The van der Waals surface area contributed by atoms with Gasteiger partial charge in [-0.05, 0) is 50.2 Å². The van der Waals surface area contributed by atoms with Gasteiger partial charge in [0, 0.05) is 21.4 Å². The second-order valence-corrected chi connectivity index (χ2v) is 6.25. The highest BCUT2D eigenvalue weighted by Crippen LogP contribution is 2.16. The van der Waals surface area contributed by atoms with Gasteiger partial charge in [-0.1, -0.05) is 45.6 Å². The van der Waals surface area contributed by atoms with E-state index in [1.165, 1.54) is 13.8 Å². The minimum atomic E-state index is -0.811. The number of benzene rings is 2. The number of nitrogens with zero attached hydrogens (tertiary/aromatic N) is 2.